The average Bonchev–Trinajstić information content (AvgIpc) is 3.07. The van der Waals surface area contributed by atoms with E-state index in [2.05, 4.69) is 5.32 Å². The summed E-state index contributed by atoms with van der Waals surface area (Å²) in [6, 6.07) is 7.22. The first-order valence-corrected chi connectivity index (χ1v) is 6.13. The Morgan fingerprint density at radius 1 is 1.30 bits per heavy atom. The minimum absolute atomic E-state index is 0.152. The fourth-order valence-electron chi connectivity index (χ4n) is 2.04. The largest absolute Gasteiger partial charge is 0.478 e. The van der Waals surface area contributed by atoms with Gasteiger partial charge in [-0.3, -0.25) is 0 Å². The standard InChI is InChI=1S/C14H13NO5/c16-14(17)10-4-11(18-7-10)6-15-5-9-2-1-3-12-13(9)20-8-19-12/h1-4,7,15H,5-6,8H2,(H,16,17). The van der Waals surface area contributed by atoms with E-state index < -0.39 is 5.97 Å². The Balaban J connectivity index is 1.60. The molecule has 0 fully saturated rings. The summed E-state index contributed by atoms with van der Waals surface area (Å²) in [5, 5.41) is 12.0. The highest BCUT2D eigenvalue weighted by atomic mass is 16.7. The number of carbonyl (C=O) groups is 1. The smallest absolute Gasteiger partial charge is 0.338 e. The Morgan fingerprint density at radius 2 is 2.20 bits per heavy atom. The number of aromatic carboxylic acids is 1. The van der Waals surface area contributed by atoms with Gasteiger partial charge in [-0.1, -0.05) is 12.1 Å². The van der Waals surface area contributed by atoms with Crippen LogP contribution in [0.3, 0.4) is 0 Å². The summed E-state index contributed by atoms with van der Waals surface area (Å²) < 4.78 is 15.9. The van der Waals surface area contributed by atoms with Crippen LogP contribution in [0.15, 0.2) is 34.9 Å². The molecule has 20 heavy (non-hydrogen) atoms. The molecule has 1 aliphatic heterocycles. The van der Waals surface area contributed by atoms with Crippen LogP contribution >= 0.6 is 0 Å². The zero-order valence-corrected chi connectivity index (χ0v) is 10.6. The van der Waals surface area contributed by atoms with Crippen LogP contribution in [0.2, 0.25) is 0 Å². The number of para-hydroxylation sites is 1. The topological polar surface area (TPSA) is 80.9 Å². The van der Waals surface area contributed by atoms with Crippen molar-refractivity contribution in [2.75, 3.05) is 6.79 Å². The minimum Gasteiger partial charge on any atom is -0.478 e. The maximum absolute atomic E-state index is 10.7. The molecular weight excluding hydrogens is 262 g/mol. The summed E-state index contributed by atoms with van der Waals surface area (Å²) in [6.45, 7) is 1.26. The number of carboxylic acids is 1. The Labute approximate surface area is 114 Å². The summed E-state index contributed by atoms with van der Waals surface area (Å²) >= 11 is 0. The van der Waals surface area contributed by atoms with E-state index in [0.29, 0.717) is 18.8 Å². The summed E-state index contributed by atoms with van der Waals surface area (Å²) in [7, 11) is 0. The van der Waals surface area contributed by atoms with Gasteiger partial charge in [0, 0.05) is 12.1 Å². The Morgan fingerprint density at radius 3 is 3.00 bits per heavy atom. The molecule has 6 heteroatoms. The molecule has 0 aliphatic carbocycles. The van der Waals surface area contributed by atoms with Crippen LogP contribution in [0.25, 0.3) is 0 Å². The highest BCUT2D eigenvalue weighted by Gasteiger charge is 2.16. The molecule has 0 bridgehead atoms. The second-order valence-electron chi connectivity index (χ2n) is 4.36. The average molecular weight is 275 g/mol. The molecule has 0 saturated carbocycles. The number of hydrogen-bond donors (Lipinski definition) is 2. The van der Waals surface area contributed by atoms with Crippen LogP contribution in [-0.4, -0.2) is 17.9 Å². The summed E-state index contributed by atoms with van der Waals surface area (Å²) in [5.74, 6) is 1.08. The molecule has 3 rings (SSSR count). The molecule has 0 amide bonds. The lowest BCUT2D eigenvalue weighted by molar-refractivity contribution is 0.0696. The van der Waals surface area contributed by atoms with Crippen molar-refractivity contribution >= 4 is 5.97 Å². The molecule has 0 atom stereocenters. The molecule has 0 spiro atoms. The number of rotatable bonds is 5. The first kappa shape index (κ1) is 12.6. The van der Waals surface area contributed by atoms with E-state index in [1.165, 1.54) is 12.3 Å². The van der Waals surface area contributed by atoms with E-state index in [0.717, 1.165) is 17.1 Å². The molecule has 2 heterocycles. The molecule has 0 saturated heterocycles. The number of benzene rings is 1. The third-order valence-corrected chi connectivity index (χ3v) is 2.99. The molecule has 0 unspecified atom stereocenters. The second kappa shape index (κ2) is 5.26. The third-order valence-electron chi connectivity index (χ3n) is 2.99. The minimum atomic E-state index is -0.994. The molecule has 2 aromatic rings. The number of furan rings is 1. The molecular formula is C14H13NO5. The van der Waals surface area contributed by atoms with Gasteiger partial charge in [-0.15, -0.1) is 0 Å². The molecule has 2 N–H and O–H groups in total. The van der Waals surface area contributed by atoms with Crippen molar-refractivity contribution in [1.82, 2.24) is 5.32 Å². The molecule has 1 aromatic carbocycles. The quantitative estimate of drug-likeness (QED) is 0.868. The van der Waals surface area contributed by atoms with Crippen molar-refractivity contribution in [3.63, 3.8) is 0 Å². The van der Waals surface area contributed by atoms with Gasteiger partial charge < -0.3 is 24.3 Å². The van der Waals surface area contributed by atoms with Gasteiger partial charge in [0.1, 0.15) is 12.0 Å². The van der Waals surface area contributed by atoms with Crippen molar-refractivity contribution in [3.05, 3.63) is 47.4 Å². The van der Waals surface area contributed by atoms with E-state index in [9.17, 15) is 4.79 Å². The van der Waals surface area contributed by atoms with Crippen molar-refractivity contribution in [2.24, 2.45) is 0 Å². The van der Waals surface area contributed by atoms with E-state index in [4.69, 9.17) is 19.0 Å². The molecule has 1 aromatic heterocycles. The van der Waals surface area contributed by atoms with Crippen LogP contribution in [0.1, 0.15) is 21.7 Å². The van der Waals surface area contributed by atoms with Crippen molar-refractivity contribution < 1.29 is 23.8 Å². The van der Waals surface area contributed by atoms with Gasteiger partial charge in [0.2, 0.25) is 6.79 Å². The summed E-state index contributed by atoms with van der Waals surface area (Å²) in [4.78, 5) is 10.7. The second-order valence-corrected chi connectivity index (χ2v) is 4.36. The van der Waals surface area contributed by atoms with Gasteiger partial charge in [-0.05, 0) is 12.1 Å². The molecule has 104 valence electrons. The van der Waals surface area contributed by atoms with Crippen LogP contribution in [0, 0.1) is 0 Å². The zero-order valence-electron chi connectivity index (χ0n) is 10.6. The fourth-order valence-corrected chi connectivity index (χ4v) is 2.04. The molecule has 1 aliphatic rings. The van der Waals surface area contributed by atoms with E-state index in [-0.39, 0.29) is 12.4 Å². The maximum Gasteiger partial charge on any atom is 0.338 e. The van der Waals surface area contributed by atoms with E-state index in [1.807, 2.05) is 18.2 Å². The normalized spacial score (nSPS) is 12.6. The van der Waals surface area contributed by atoms with Crippen LogP contribution in [-0.2, 0) is 13.1 Å². The molecule has 6 nitrogen and oxygen atoms in total. The first-order valence-electron chi connectivity index (χ1n) is 6.13. The summed E-state index contributed by atoms with van der Waals surface area (Å²) in [5.41, 5.74) is 1.14. The van der Waals surface area contributed by atoms with Crippen molar-refractivity contribution in [3.8, 4) is 11.5 Å². The van der Waals surface area contributed by atoms with Crippen LogP contribution in [0.5, 0.6) is 11.5 Å². The predicted octanol–water partition coefficient (Wildman–Crippen LogP) is 2.00. The van der Waals surface area contributed by atoms with Gasteiger partial charge in [0.15, 0.2) is 11.5 Å². The van der Waals surface area contributed by atoms with E-state index in [1.54, 1.807) is 0 Å². The number of fused-ring (bicyclic) bond motifs is 1. The van der Waals surface area contributed by atoms with Crippen LogP contribution in [0.4, 0.5) is 0 Å². The highest BCUT2D eigenvalue weighted by molar-refractivity contribution is 5.87. The number of ether oxygens (including phenoxy) is 2. The lowest BCUT2D eigenvalue weighted by atomic mass is 10.2. The lowest BCUT2D eigenvalue weighted by Crippen LogP contribution is -2.12. The SMILES string of the molecule is O=C(O)c1coc(CNCc2cccc3c2OCO3)c1. The predicted molar refractivity (Wildman–Crippen MR) is 68.8 cm³/mol. The van der Waals surface area contributed by atoms with Crippen LogP contribution < -0.4 is 14.8 Å². The zero-order chi connectivity index (χ0) is 13.9. The Bertz CT molecular complexity index is 634. The third kappa shape index (κ3) is 2.46. The van der Waals surface area contributed by atoms with Crippen molar-refractivity contribution in [1.29, 1.82) is 0 Å². The monoisotopic (exact) mass is 275 g/mol. The number of carboxylic acid groups (broad SMARTS) is 1. The Kier molecular flexibility index (Phi) is 3.30. The summed E-state index contributed by atoms with van der Waals surface area (Å²) in [6.07, 6.45) is 1.23. The maximum atomic E-state index is 10.7. The van der Waals surface area contributed by atoms with Gasteiger partial charge in [0.25, 0.3) is 0 Å². The van der Waals surface area contributed by atoms with Gasteiger partial charge in [-0.25, -0.2) is 4.79 Å². The lowest BCUT2D eigenvalue weighted by Gasteiger charge is -2.06. The van der Waals surface area contributed by atoms with Crippen molar-refractivity contribution in [2.45, 2.75) is 13.1 Å². The fraction of sp³-hybridized carbons (Fsp3) is 0.214. The highest BCUT2D eigenvalue weighted by Crippen LogP contribution is 2.35. The number of nitrogens with one attached hydrogen (secondary N) is 1. The Hall–Kier alpha value is -2.47. The van der Waals surface area contributed by atoms with Gasteiger partial charge in [-0.2, -0.15) is 0 Å². The van der Waals surface area contributed by atoms with Gasteiger partial charge >= 0.3 is 5.97 Å². The van der Waals surface area contributed by atoms with Gasteiger partial charge in [0.05, 0.1) is 12.1 Å². The van der Waals surface area contributed by atoms with E-state index >= 15 is 0 Å². The first-order chi connectivity index (χ1) is 9.74. The number of hydrogen-bond acceptors (Lipinski definition) is 5. The molecule has 0 radical (unpaired) electrons.